The number of nitrogens with zero attached hydrogens (tertiary/aromatic N) is 4. The van der Waals surface area contributed by atoms with Crippen molar-refractivity contribution in [1.82, 2.24) is 20.2 Å². The van der Waals surface area contributed by atoms with Crippen LogP contribution in [0.4, 0.5) is 10.1 Å². The molecule has 0 aliphatic carbocycles. The molecule has 2 heterocycles. The first-order valence-corrected chi connectivity index (χ1v) is 6.95. The van der Waals surface area contributed by atoms with Crippen molar-refractivity contribution < 1.29 is 9.13 Å². The van der Waals surface area contributed by atoms with Gasteiger partial charge in [-0.05, 0) is 49.2 Å². The summed E-state index contributed by atoms with van der Waals surface area (Å²) in [4.78, 5) is 0. The highest BCUT2D eigenvalue weighted by Gasteiger charge is 2.31. The van der Waals surface area contributed by atoms with Crippen LogP contribution in [0, 0.1) is 12.7 Å². The van der Waals surface area contributed by atoms with E-state index in [1.54, 1.807) is 17.7 Å². The van der Waals surface area contributed by atoms with Gasteiger partial charge in [-0.25, -0.2) is 9.07 Å². The zero-order chi connectivity index (χ0) is 15.0. The largest absolute Gasteiger partial charge is 0.398 e. The monoisotopic (exact) mass is 291 g/mol. The summed E-state index contributed by atoms with van der Waals surface area (Å²) < 4.78 is 21.3. The summed E-state index contributed by atoms with van der Waals surface area (Å²) in [6, 6.07) is 3.10. The van der Waals surface area contributed by atoms with Crippen LogP contribution in [0.1, 0.15) is 25.3 Å². The van der Waals surface area contributed by atoms with Crippen molar-refractivity contribution in [3.8, 4) is 11.4 Å². The quantitative estimate of drug-likeness (QED) is 0.874. The number of tetrazole rings is 1. The number of rotatable bonds is 3. The summed E-state index contributed by atoms with van der Waals surface area (Å²) >= 11 is 0. The van der Waals surface area contributed by atoms with Gasteiger partial charge in [0.25, 0.3) is 0 Å². The van der Waals surface area contributed by atoms with Crippen LogP contribution in [0.3, 0.4) is 0 Å². The van der Waals surface area contributed by atoms with E-state index in [0.717, 1.165) is 19.4 Å². The molecular weight excluding hydrogens is 273 g/mol. The Hall–Kier alpha value is -2.02. The summed E-state index contributed by atoms with van der Waals surface area (Å²) in [6.07, 6.45) is 1.98. The fraction of sp³-hybridized carbons (Fsp3) is 0.500. The maximum absolute atomic E-state index is 13.9. The van der Waals surface area contributed by atoms with E-state index in [-0.39, 0.29) is 11.4 Å². The minimum atomic E-state index is -0.358. The number of nitrogens with two attached hydrogens (primary N) is 1. The molecule has 1 atom stereocenters. The van der Waals surface area contributed by atoms with Crippen LogP contribution in [0.25, 0.3) is 11.4 Å². The van der Waals surface area contributed by atoms with E-state index in [9.17, 15) is 4.39 Å². The SMILES string of the molecule is Cc1c(N)cc(-c2nnnn2CC2(C)CCCO2)cc1F. The molecule has 0 bridgehead atoms. The van der Waals surface area contributed by atoms with Gasteiger partial charge in [-0.1, -0.05) is 0 Å². The molecule has 1 aliphatic rings. The molecule has 1 unspecified atom stereocenters. The number of aromatic nitrogens is 4. The van der Waals surface area contributed by atoms with Gasteiger partial charge in [-0.2, -0.15) is 0 Å². The average molecular weight is 291 g/mol. The first kappa shape index (κ1) is 13.9. The number of hydrogen-bond donors (Lipinski definition) is 1. The van der Waals surface area contributed by atoms with E-state index in [1.165, 1.54) is 6.07 Å². The lowest BCUT2D eigenvalue weighted by molar-refractivity contribution is 0.00355. The van der Waals surface area contributed by atoms with E-state index in [4.69, 9.17) is 10.5 Å². The number of benzene rings is 1. The molecule has 0 amide bonds. The zero-order valence-corrected chi connectivity index (χ0v) is 12.1. The van der Waals surface area contributed by atoms with Crippen LogP contribution in [0.2, 0.25) is 0 Å². The molecular formula is C14H18FN5O. The van der Waals surface area contributed by atoms with Crippen molar-refractivity contribution in [1.29, 1.82) is 0 Å². The molecule has 1 aromatic heterocycles. The minimum absolute atomic E-state index is 0.279. The summed E-state index contributed by atoms with van der Waals surface area (Å²) in [6.45, 7) is 4.96. The zero-order valence-electron chi connectivity index (χ0n) is 12.1. The normalized spacial score (nSPS) is 21.9. The third-order valence-corrected chi connectivity index (χ3v) is 3.96. The maximum Gasteiger partial charge on any atom is 0.182 e. The first-order valence-electron chi connectivity index (χ1n) is 6.95. The molecule has 6 nitrogen and oxygen atoms in total. The molecule has 21 heavy (non-hydrogen) atoms. The number of nitrogen functional groups attached to an aromatic ring is 1. The number of halogens is 1. The van der Waals surface area contributed by atoms with E-state index in [0.29, 0.717) is 29.2 Å². The Kier molecular flexibility index (Phi) is 3.36. The van der Waals surface area contributed by atoms with E-state index in [2.05, 4.69) is 15.5 Å². The predicted molar refractivity (Wildman–Crippen MR) is 76.0 cm³/mol. The molecule has 2 aromatic rings. The number of anilines is 1. The van der Waals surface area contributed by atoms with Crippen LogP contribution in [-0.2, 0) is 11.3 Å². The Morgan fingerprint density at radius 2 is 2.29 bits per heavy atom. The Morgan fingerprint density at radius 1 is 1.48 bits per heavy atom. The molecule has 0 spiro atoms. The fourth-order valence-electron chi connectivity index (χ4n) is 2.63. The smallest absolute Gasteiger partial charge is 0.182 e. The van der Waals surface area contributed by atoms with Crippen molar-refractivity contribution >= 4 is 5.69 Å². The van der Waals surface area contributed by atoms with Crippen LogP contribution < -0.4 is 5.73 Å². The molecule has 0 radical (unpaired) electrons. The highest BCUT2D eigenvalue weighted by molar-refractivity contribution is 5.63. The molecule has 1 aliphatic heterocycles. The van der Waals surface area contributed by atoms with Gasteiger partial charge in [0.1, 0.15) is 5.82 Å². The third-order valence-electron chi connectivity index (χ3n) is 3.96. The Labute approximate surface area is 122 Å². The molecule has 1 fully saturated rings. The minimum Gasteiger partial charge on any atom is -0.398 e. The molecule has 1 aromatic carbocycles. The molecule has 112 valence electrons. The van der Waals surface area contributed by atoms with Gasteiger partial charge in [0.05, 0.1) is 12.1 Å². The van der Waals surface area contributed by atoms with Crippen LogP contribution in [-0.4, -0.2) is 32.4 Å². The lowest BCUT2D eigenvalue weighted by atomic mass is 10.0. The number of ether oxygens (including phenoxy) is 1. The van der Waals surface area contributed by atoms with Crippen molar-refractivity contribution in [2.24, 2.45) is 0 Å². The standard InChI is InChI=1S/C14H18FN5O/c1-9-11(15)6-10(7-12(9)16)13-17-18-19-20(13)8-14(2)4-3-5-21-14/h6-7H,3-5,8,16H2,1-2H3. The summed E-state index contributed by atoms with van der Waals surface area (Å²) in [7, 11) is 0. The van der Waals surface area contributed by atoms with E-state index in [1.807, 2.05) is 6.92 Å². The van der Waals surface area contributed by atoms with Crippen molar-refractivity contribution in [3.63, 3.8) is 0 Å². The van der Waals surface area contributed by atoms with Gasteiger partial charge >= 0.3 is 0 Å². The highest BCUT2D eigenvalue weighted by Crippen LogP contribution is 2.29. The highest BCUT2D eigenvalue weighted by atomic mass is 19.1. The lowest BCUT2D eigenvalue weighted by Gasteiger charge is -2.23. The lowest BCUT2D eigenvalue weighted by Crippen LogP contribution is -2.30. The second-order valence-corrected chi connectivity index (χ2v) is 5.73. The van der Waals surface area contributed by atoms with Crippen LogP contribution in [0.15, 0.2) is 12.1 Å². The van der Waals surface area contributed by atoms with Gasteiger partial charge in [-0.15, -0.1) is 5.10 Å². The summed E-state index contributed by atoms with van der Waals surface area (Å²) in [5.74, 6) is 0.139. The van der Waals surface area contributed by atoms with Gasteiger partial charge < -0.3 is 10.5 Å². The van der Waals surface area contributed by atoms with Crippen molar-refractivity contribution in [2.75, 3.05) is 12.3 Å². The number of hydrogen-bond acceptors (Lipinski definition) is 5. The van der Waals surface area contributed by atoms with E-state index >= 15 is 0 Å². The average Bonchev–Trinajstić information content (AvgIpc) is 3.05. The first-order chi connectivity index (χ1) is 9.98. The summed E-state index contributed by atoms with van der Waals surface area (Å²) in [5.41, 5.74) is 6.94. The molecule has 7 heteroatoms. The second-order valence-electron chi connectivity index (χ2n) is 5.73. The molecule has 3 rings (SSSR count). The summed E-state index contributed by atoms with van der Waals surface area (Å²) in [5, 5.41) is 11.7. The van der Waals surface area contributed by atoms with Gasteiger partial charge in [-0.3, -0.25) is 0 Å². The molecule has 0 saturated carbocycles. The molecule has 1 saturated heterocycles. The Morgan fingerprint density at radius 3 is 2.95 bits per heavy atom. The predicted octanol–water partition coefficient (Wildman–Crippen LogP) is 1.94. The van der Waals surface area contributed by atoms with Gasteiger partial charge in [0.15, 0.2) is 5.82 Å². The fourth-order valence-corrected chi connectivity index (χ4v) is 2.63. The maximum atomic E-state index is 13.9. The van der Waals surface area contributed by atoms with Crippen LogP contribution >= 0.6 is 0 Å². The second kappa shape index (κ2) is 5.07. The van der Waals surface area contributed by atoms with E-state index < -0.39 is 0 Å². The Bertz CT molecular complexity index is 640. The van der Waals surface area contributed by atoms with Gasteiger partial charge in [0.2, 0.25) is 0 Å². The van der Waals surface area contributed by atoms with Gasteiger partial charge in [0, 0.05) is 23.4 Å². The topological polar surface area (TPSA) is 78.9 Å². The van der Waals surface area contributed by atoms with Crippen molar-refractivity contribution in [2.45, 2.75) is 38.8 Å². The molecule has 2 N–H and O–H groups in total. The Balaban J connectivity index is 1.95. The van der Waals surface area contributed by atoms with Crippen LogP contribution in [0.5, 0.6) is 0 Å². The van der Waals surface area contributed by atoms with Crippen molar-refractivity contribution in [3.05, 3.63) is 23.5 Å². The third kappa shape index (κ3) is 2.61.